The summed E-state index contributed by atoms with van der Waals surface area (Å²) in [5.41, 5.74) is 1.41. The number of carbonyl (C=O) groups excluding carboxylic acids is 2. The van der Waals surface area contributed by atoms with Gasteiger partial charge in [0.2, 0.25) is 6.10 Å². The van der Waals surface area contributed by atoms with Gasteiger partial charge in [0.25, 0.3) is 5.91 Å². The van der Waals surface area contributed by atoms with Crippen molar-refractivity contribution in [3.63, 3.8) is 0 Å². The molecule has 2 atom stereocenters. The van der Waals surface area contributed by atoms with Gasteiger partial charge in [0.1, 0.15) is 11.8 Å². The molecule has 1 N–H and O–H groups in total. The second-order valence-corrected chi connectivity index (χ2v) is 5.02. The molecule has 1 amide bonds. The smallest absolute Gasteiger partial charge is 0.303 e. The number of furan rings is 1. The van der Waals surface area contributed by atoms with Gasteiger partial charge in [-0.1, -0.05) is 12.1 Å². The standard InChI is InChI=1S/C16H15NO5/c1-10(19)22-15-14(13-3-2-8-21-13)17(16(15)20)12-6-4-11(9-18)5-7-12/h2-8,14-15,18H,9H2,1H3/t14-,15+/m0/s1. The molecule has 1 aromatic carbocycles. The third-order valence-corrected chi connectivity index (χ3v) is 3.57. The van der Waals surface area contributed by atoms with Crippen LogP contribution in [0, 0.1) is 0 Å². The van der Waals surface area contributed by atoms with Crippen molar-refractivity contribution in [2.75, 3.05) is 4.90 Å². The van der Waals surface area contributed by atoms with Crippen molar-refractivity contribution in [1.82, 2.24) is 0 Å². The zero-order chi connectivity index (χ0) is 15.7. The number of esters is 1. The normalized spacial score (nSPS) is 20.6. The van der Waals surface area contributed by atoms with E-state index in [2.05, 4.69) is 0 Å². The third kappa shape index (κ3) is 2.37. The molecule has 6 nitrogen and oxygen atoms in total. The number of aliphatic hydroxyl groups is 1. The van der Waals surface area contributed by atoms with Crippen LogP contribution < -0.4 is 4.90 Å². The molecule has 0 unspecified atom stereocenters. The molecule has 114 valence electrons. The predicted molar refractivity (Wildman–Crippen MR) is 76.9 cm³/mol. The molecule has 0 saturated carbocycles. The number of hydrogen-bond donors (Lipinski definition) is 1. The molecule has 22 heavy (non-hydrogen) atoms. The van der Waals surface area contributed by atoms with Gasteiger partial charge < -0.3 is 14.3 Å². The van der Waals surface area contributed by atoms with E-state index < -0.39 is 18.1 Å². The van der Waals surface area contributed by atoms with Crippen molar-refractivity contribution < 1.29 is 23.8 Å². The number of ether oxygens (including phenoxy) is 1. The number of anilines is 1. The number of β-lactam (4-membered cyclic amide) rings is 1. The van der Waals surface area contributed by atoms with Crippen LogP contribution in [0.4, 0.5) is 5.69 Å². The summed E-state index contributed by atoms with van der Waals surface area (Å²) < 4.78 is 10.5. The van der Waals surface area contributed by atoms with Crippen molar-refractivity contribution in [2.24, 2.45) is 0 Å². The van der Waals surface area contributed by atoms with Crippen LogP contribution in [-0.2, 0) is 20.9 Å². The minimum absolute atomic E-state index is 0.0636. The summed E-state index contributed by atoms with van der Waals surface area (Å²) in [6.07, 6.45) is 0.636. The quantitative estimate of drug-likeness (QED) is 0.688. The minimum atomic E-state index is -0.874. The maximum atomic E-state index is 12.3. The third-order valence-electron chi connectivity index (χ3n) is 3.57. The molecular formula is C16H15NO5. The van der Waals surface area contributed by atoms with Gasteiger partial charge in [-0.15, -0.1) is 0 Å². The molecule has 1 saturated heterocycles. The summed E-state index contributed by atoms with van der Waals surface area (Å²) in [5, 5.41) is 9.08. The van der Waals surface area contributed by atoms with Crippen LogP contribution in [0.1, 0.15) is 24.3 Å². The molecule has 1 aliphatic rings. The van der Waals surface area contributed by atoms with Crippen LogP contribution in [-0.4, -0.2) is 23.1 Å². The number of nitrogens with zero attached hydrogens (tertiary/aromatic N) is 1. The molecule has 6 heteroatoms. The number of amides is 1. The van der Waals surface area contributed by atoms with Crippen molar-refractivity contribution >= 4 is 17.6 Å². The van der Waals surface area contributed by atoms with E-state index in [1.54, 1.807) is 36.4 Å². The van der Waals surface area contributed by atoms with E-state index in [-0.39, 0.29) is 12.5 Å². The second-order valence-electron chi connectivity index (χ2n) is 5.02. The monoisotopic (exact) mass is 301 g/mol. The Hall–Kier alpha value is -2.60. The largest absolute Gasteiger partial charge is 0.467 e. The van der Waals surface area contributed by atoms with Crippen LogP contribution in [0.25, 0.3) is 0 Å². The van der Waals surface area contributed by atoms with Crippen LogP contribution in [0.2, 0.25) is 0 Å². The van der Waals surface area contributed by atoms with Crippen molar-refractivity contribution in [3.8, 4) is 0 Å². The summed E-state index contributed by atoms with van der Waals surface area (Å²) in [6.45, 7) is 1.21. The Bertz CT molecular complexity index is 677. The van der Waals surface area contributed by atoms with Crippen molar-refractivity contribution in [3.05, 3.63) is 54.0 Å². The highest BCUT2D eigenvalue weighted by Gasteiger charge is 2.53. The summed E-state index contributed by atoms with van der Waals surface area (Å²) in [7, 11) is 0. The fraction of sp³-hybridized carbons (Fsp3) is 0.250. The Balaban J connectivity index is 1.91. The maximum Gasteiger partial charge on any atom is 0.303 e. The first-order valence-electron chi connectivity index (χ1n) is 6.85. The van der Waals surface area contributed by atoms with E-state index in [0.29, 0.717) is 11.4 Å². The van der Waals surface area contributed by atoms with E-state index in [9.17, 15) is 9.59 Å². The van der Waals surface area contributed by atoms with Crippen molar-refractivity contribution in [2.45, 2.75) is 25.7 Å². The Kier molecular flexibility index (Phi) is 3.68. The highest BCUT2D eigenvalue weighted by atomic mass is 16.6. The number of aliphatic hydroxyl groups excluding tert-OH is 1. The first kappa shape index (κ1) is 14.3. The first-order chi connectivity index (χ1) is 10.6. The fourth-order valence-corrected chi connectivity index (χ4v) is 2.54. The SMILES string of the molecule is CC(=O)O[C@H]1C(=O)N(c2ccc(CO)cc2)[C@H]1c1ccco1. The lowest BCUT2D eigenvalue weighted by molar-refractivity contribution is -0.161. The summed E-state index contributed by atoms with van der Waals surface area (Å²) in [6, 6.07) is 9.93. The lowest BCUT2D eigenvalue weighted by atomic mass is 9.94. The molecule has 0 radical (unpaired) electrons. The fourth-order valence-electron chi connectivity index (χ4n) is 2.54. The molecule has 1 aromatic heterocycles. The molecule has 1 fully saturated rings. The average molecular weight is 301 g/mol. The lowest BCUT2D eigenvalue weighted by Gasteiger charge is -2.44. The lowest BCUT2D eigenvalue weighted by Crippen LogP contribution is -2.60. The number of rotatable bonds is 4. The molecule has 1 aliphatic heterocycles. The van der Waals surface area contributed by atoms with Gasteiger partial charge in [0.15, 0.2) is 0 Å². The molecule has 2 aromatic rings. The molecule has 3 rings (SSSR count). The molecule has 0 spiro atoms. The number of benzene rings is 1. The van der Waals surface area contributed by atoms with Gasteiger partial charge in [-0.25, -0.2) is 0 Å². The van der Waals surface area contributed by atoms with Crippen LogP contribution in [0.5, 0.6) is 0 Å². The zero-order valence-electron chi connectivity index (χ0n) is 11.9. The molecule has 0 bridgehead atoms. The second kappa shape index (κ2) is 5.65. The van der Waals surface area contributed by atoms with Crippen LogP contribution in [0.15, 0.2) is 47.1 Å². The van der Waals surface area contributed by atoms with Gasteiger partial charge in [-0.05, 0) is 29.8 Å². The first-order valence-corrected chi connectivity index (χ1v) is 6.85. The molecule has 0 aliphatic carbocycles. The minimum Gasteiger partial charge on any atom is -0.467 e. The Labute approximate surface area is 126 Å². The van der Waals surface area contributed by atoms with E-state index in [4.69, 9.17) is 14.3 Å². The van der Waals surface area contributed by atoms with Gasteiger partial charge in [-0.3, -0.25) is 14.5 Å². The molecular weight excluding hydrogens is 286 g/mol. The van der Waals surface area contributed by atoms with Gasteiger partial charge in [-0.2, -0.15) is 0 Å². The van der Waals surface area contributed by atoms with E-state index in [1.165, 1.54) is 18.1 Å². The van der Waals surface area contributed by atoms with E-state index in [1.807, 2.05) is 0 Å². The predicted octanol–water partition coefficient (Wildman–Crippen LogP) is 1.79. The summed E-state index contributed by atoms with van der Waals surface area (Å²) in [5.74, 6) is -0.254. The topological polar surface area (TPSA) is 80.0 Å². The Morgan fingerprint density at radius 1 is 1.32 bits per heavy atom. The Morgan fingerprint density at radius 2 is 2.05 bits per heavy atom. The van der Waals surface area contributed by atoms with E-state index in [0.717, 1.165) is 5.56 Å². The highest BCUT2D eigenvalue weighted by Crippen LogP contribution is 2.41. The van der Waals surface area contributed by atoms with Crippen LogP contribution in [0.3, 0.4) is 0 Å². The summed E-state index contributed by atoms with van der Waals surface area (Å²) in [4.78, 5) is 25.0. The van der Waals surface area contributed by atoms with Crippen LogP contribution >= 0.6 is 0 Å². The zero-order valence-corrected chi connectivity index (χ0v) is 11.9. The average Bonchev–Trinajstić information content (AvgIpc) is 3.03. The van der Waals surface area contributed by atoms with Gasteiger partial charge >= 0.3 is 5.97 Å². The van der Waals surface area contributed by atoms with Crippen molar-refractivity contribution in [1.29, 1.82) is 0 Å². The number of carbonyl (C=O) groups is 2. The van der Waals surface area contributed by atoms with E-state index >= 15 is 0 Å². The maximum absolute atomic E-state index is 12.3. The Morgan fingerprint density at radius 3 is 2.59 bits per heavy atom. The summed E-state index contributed by atoms with van der Waals surface area (Å²) >= 11 is 0. The number of hydrogen-bond acceptors (Lipinski definition) is 5. The van der Waals surface area contributed by atoms with Gasteiger partial charge in [0.05, 0.1) is 12.9 Å². The highest BCUT2D eigenvalue weighted by molar-refractivity contribution is 6.05. The molecule has 2 heterocycles. The van der Waals surface area contributed by atoms with Gasteiger partial charge in [0, 0.05) is 12.6 Å².